The van der Waals surface area contributed by atoms with Crippen LogP contribution in [-0.2, 0) is 12.4 Å². The zero-order valence-corrected chi connectivity index (χ0v) is 16.8. The summed E-state index contributed by atoms with van der Waals surface area (Å²) in [6.45, 7) is 0. The summed E-state index contributed by atoms with van der Waals surface area (Å²) in [6.07, 6.45) is -8.27. The van der Waals surface area contributed by atoms with Crippen LogP contribution in [0.15, 0.2) is 51.8 Å². The number of fused-ring (bicyclic) bond motifs is 2. The van der Waals surface area contributed by atoms with E-state index in [1.165, 1.54) is 9.47 Å². The van der Waals surface area contributed by atoms with Gasteiger partial charge in [-0.3, -0.25) is 4.52 Å². The van der Waals surface area contributed by atoms with Gasteiger partial charge in [0.2, 0.25) is 0 Å². The molecule has 0 amide bonds. The van der Waals surface area contributed by atoms with Crippen LogP contribution >= 0.6 is 0 Å². The maximum absolute atomic E-state index is 13.4. The molecule has 0 N–H and O–H groups in total. The number of hydrogen-bond donors (Lipinski definition) is 0. The van der Waals surface area contributed by atoms with E-state index in [4.69, 9.17) is 4.52 Å². The topological polar surface area (TPSA) is 64.2 Å². The van der Waals surface area contributed by atoms with Gasteiger partial charge < -0.3 is 4.90 Å². The van der Waals surface area contributed by atoms with Gasteiger partial charge in [-0.15, -0.1) is 0 Å². The fourth-order valence-corrected chi connectivity index (χ4v) is 4.87. The molecule has 5 rings (SSSR count). The van der Waals surface area contributed by atoms with E-state index in [0.29, 0.717) is 31.0 Å². The summed E-state index contributed by atoms with van der Waals surface area (Å²) in [6, 6.07) is 7.87. The Hall–Kier alpha value is -3.31. The van der Waals surface area contributed by atoms with Crippen LogP contribution in [-0.4, -0.2) is 20.7 Å². The minimum absolute atomic E-state index is 0.00281. The van der Waals surface area contributed by atoms with Crippen LogP contribution in [0.5, 0.6) is 0 Å². The minimum Gasteiger partial charge on any atom is -0.343 e. The second kappa shape index (κ2) is 7.35. The smallest absolute Gasteiger partial charge is 0.343 e. The molecule has 3 atom stereocenters. The average molecular weight is 470 g/mol. The number of para-hydroxylation sites is 1. The average Bonchev–Trinajstić information content (AvgIpc) is 3.47. The number of aromatic nitrogens is 3. The zero-order valence-electron chi connectivity index (χ0n) is 16.8. The Labute approximate surface area is 182 Å². The van der Waals surface area contributed by atoms with Gasteiger partial charge in [0.05, 0.1) is 17.3 Å². The highest BCUT2D eigenvalue weighted by atomic mass is 19.4. The first-order valence-corrected chi connectivity index (χ1v) is 10.1. The van der Waals surface area contributed by atoms with Gasteiger partial charge in [-0.1, -0.05) is 23.4 Å². The van der Waals surface area contributed by atoms with Crippen LogP contribution in [0.3, 0.4) is 0 Å². The Balaban J connectivity index is 1.67. The Bertz CT molecular complexity index is 1200. The Morgan fingerprint density at radius 2 is 1.70 bits per heavy atom. The molecule has 1 aliphatic heterocycles. The molecule has 2 fully saturated rings. The van der Waals surface area contributed by atoms with Crippen molar-refractivity contribution >= 4 is 5.82 Å². The van der Waals surface area contributed by atoms with E-state index in [9.17, 15) is 31.1 Å². The van der Waals surface area contributed by atoms with Crippen molar-refractivity contribution in [3.8, 4) is 5.69 Å². The summed E-state index contributed by atoms with van der Waals surface area (Å²) < 4.78 is 86.5. The normalized spacial score (nSPS) is 22.8. The standard InChI is InChI=1S/C21H16F6N4O2/c22-20(23,24)12-9-15(21(25,26)27)28-16(10-12)30-14-7-6-11(8-14)17(30)18-29-33-19(32)31(18)13-4-2-1-3-5-13/h1-5,9-11,14,17H,6-8H2/t11-,14+,17-/m0/s1. The molecule has 174 valence electrons. The summed E-state index contributed by atoms with van der Waals surface area (Å²) in [7, 11) is 0. The lowest BCUT2D eigenvalue weighted by Crippen LogP contribution is -2.38. The lowest BCUT2D eigenvalue weighted by Gasteiger charge is -2.36. The van der Waals surface area contributed by atoms with Crippen LogP contribution in [0.4, 0.5) is 32.2 Å². The lowest BCUT2D eigenvalue weighted by molar-refractivity contribution is -0.145. The SMILES string of the molecule is O=c1onc([C@@H]2[C@H]3CC[C@H](C3)N2c2cc(C(F)(F)F)cc(C(F)(F)F)n2)n1-c1ccccc1. The summed E-state index contributed by atoms with van der Waals surface area (Å²) in [5, 5.41) is 3.87. The third kappa shape index (κ3) is 3.66. The summed E-state index contributed by atoms with van der Waals surface area (Å²) in [5.41, 5.74) is -2.65. The van der Waals surface area contributed by atoms with Gasteiger partial charge in [0.15, 0.2) is 5.82 Å². The van der Waals surface area contributed by atoms with Gasteiger partial charge in [0.1, 0.15) is 11.5 Å². The summed E-state index contributed by atoms with van der Waals surface area (Å²) in [5.74, 6) is -1.28. The molecule has 6 nitrogen and oxygen atoms in total. The molecular weight excluding hydrogens is 454 g/mol. The number of halogens is 6. The quantitative estimate of drug-likeness (QED) is 0.505. The molecule has 2 aliphatic rings. The fourth-order valence-electron chi connectivity index (χ4n) is 4.87. The van der Waals surface area contributed by atoms with E-state index in [0.717, 1.165) is 0 Å². The molecule has 0 unspecified atom stereocenters. The summed E-state index contributed by atoms with van der Waals surface area (Å²) in [4.78, 5) is 17.4. The lowest BCUT2D eigenvalue weighted by atomic mass is 9.97. The van der Waals surface area contributed by atoms with E-state index in [2.05, 4.69) is 10.1 Å². The highest BCUT2D eigenvalue weighted by Gasteiger charge is 2.51. The predicted octanol–water partition coefficient (Wildman–Crippen LogP) is 4.99. The molecule has 1 aromatic carbocycles. The van der Waals surface area contributed by atoms with Gasteiger partial charge in [-0.25, -0.2) is 14.3 Å². The van der Waals surface area contributed by atoms with Gasteiger partial charge in [-0.2, -0.15) is 26.3 Å². The minimum atomic E-state index is -5.07. The van der Waals surface area contributed by atoms with E-state index in [1.54, 1.807) is 30.3 Å². The van der Waals surface area contributed by atoms with Gasteiger partial charge >= 0.3 is 18.1 Å². The molecule has 3 heterocycles. The first kappa shape index (κ1) is 21.5. The van der Waals surface area contributed by atoms with Crippen molar-refractivity contribution in [1.29, 1.82) is 0 Å². The van der Waals surface area contributed by atoms with Crippen molar-refractivity contribution in [1.82, 2.24) is 14.7 Å². The van der Waals surface area contributed by atoms with Crippen LogP contribution in [0.25, 0.3) is 5.69 Å². The third-order valence-electron chi connectivity index (χ3n) is 6.19. The van der Waals surface area contributed by atoms with Crippen molar-refractivity contribution in [2.75, 3.05) is 4.90 Å². The number of benzene rings is 1. The number of anilines is 1. The first-order valence-electron chi connectivity index (χ1n) is 10.1. The van der Waals surface area contributed by atoms with Crippen LogP contribution in [0.2, 0.25) is 0 Å². The molecule has 0 spiro atoms. The predicted molar refractivity (Wildman–Crippen MR) is 103 cm³/mol. The van der Waals surface area contributed by atoms with Crippen LogP contribution in [0.1, 0.15) is 42.4 Å². The molecule has 1 saturated heterocycles. The van der Waals surface area contributed by atoms with Crippen molar-refractivity contribution < 1.29 is 30.9 Å². The largest absolute Gasteiger partial charge is 0.446 e. The Morgan fingerprint density at radius 1 is 0.970 bits per heavy atom. The number of pyridine rings is 1. The van der Waals surface area contributed by atoms with E-state index in [-0.39, 0.29) is 23.9 Å². The zero-order chi connectivity index (χ0) is 23.5. The Morgan fingerprint density at radius 3 is 2.36 bits per heavy atom. The van der Waals surface area contributed by atoms with Crippen molar-refractivity contribution in [2.45, 2.75) is 43.7 Å². The number of nitrogens with zero attached hydrogens (tertiary/aromatic N) is 4. The fraction of sp³-hybridized carbons (Fsp3) is 0.381. The number of alkyl halides is 6. The molecule has 0 radical (unpaired) electrons. The van der Waals surface area contributed by atoms with Crippen molar-refractivity contribution in [3.63, 3.8) is 0 Å². The number of piperidine rings is 1. The van der Waals surface area contributed by atoms with E-state index in [1.807, 2.05) is 0 Å². The second-order valence-electron chi connectivity index (χ2n) is 8.15. The van der Waals surface area contributed by atoms with Gasteiger partial charge in [0, 0.05) is 6.04 Å². The third-order valence-corrected chi connectivity index (χ3v) is 6.19. The second-order valence-corrected chi connectivity index (χ2v) is 8.15. The molecule has 2 aromatic heterocycles. The molecule has 1 aliphatic carbocycles. The van der Waals surface area contributed by atoms with Gasteiger partial charge in [0.25, 0.3) is 0 Å². The Kier molecular flexibility index (Phi) is 4.80. The van der Waals surface area contributed by atoms with Crippen LogP contribution in [0, 0.1) is 5.92 Å². The number of rotatable bonds is 3. The van der Waals surface area contributed by atoms with Crippen molar-refractivity contribution in [3.05, 3.63) is 70.1 Å². The molecule has 2 bridgehead atoms. The van der Waals surface area contributed by atoms with Gasteiger partial charge in [-0.05, 0) is 49.4 Å². The highest BCUT2D eigenvalue weighted by molar-refractivity contribution is 5.50. The van der Waals surface area contributed by atoms with Crippen molar-refractivity contribution in [2.24, 2.45) is 5.92 Å². The molecule has 12 heteroatoms. The highest BCUT2D eigenvalue weighted by Crippen LogP contribution is 2.52. The molecular formula is C21H16F6N4O2. The number of hydrogen-bond acceptors (Lipinski definition) is 5. The molecule has 33 heavy (non-hydrogen) atoms. The monoisotopic (exact) mass is 470 g/mol. The maximum atomic E-state index is 13.4. The maximum Gasteiger partial charge on any atom is 0.446 e. The molecule has 1 saturated carbocycles. The van der Waals surface area contributed by atoms with E-state index >= 15 is 0 Å². The summed E-state index contributed by atoms with van der Waals surface area (Å²) >= 11 is 0. The molecule has 3 aromatic rings. The first-order chi connectivity index (χ1) is 15.5. The van der Waals surface area contributed by atoms with E-state index < -0.39 is 41.2 Å². The van der Waals surface area contributed by atoms with Crippen LogP contribution < -0.4 is 10.7 Å².